The van der Waals surface area contributed by atoms with E-state index in [0.717, 1.165) is 57.8 Å². The number of hydrogen-bond acceptors (Lipinski definition) is 6. The summed E-state index contributed by atoms with van der Waals surface area (Å²) in [5, 5.41) is 0. The molecule has 0 fully saturated rings. The first-order valence-electron chi connectivity index (χ1n) is 10.4. The van der Waals surface area contributed by atoms with Crippen molar-refractivity contribution in [2.24, 2.45) is 0 Å². The van der Waals surface area contributed by atoms with Crippen molar-refractivity contribution in [3.8, 4) is 0 Å². The molecule has 0 spiro atoms. The zero-order valence-corrected chi connectivity index (χ0v) is 24.3. The minimum atomic E-state index is -2.42. The van der Waals surface area contributed by atoms with E-state index in [0.29, 0.717) is 18.5 Å². The molecular formula is C18H42NdO6P3. The van der Waals surface area contributed by atoms with Crippen LogP contribution in [0.2, 0.25) is 0 Å². The number of unbranched alkanes of at least 4 members (excludes halogenated alkanes) is 9. The minimum Gasteiger partial charge on any atom is -0.802 e. The summed E-state index contributed by atoms with van der Waals surface area (Å²) in [6, 6.07) is 0. The van der Waals surface area contributed by atoms with Crippen molar-refractivity contribution in [3.63, 3.8) is 0 Å². The standard InChI is InChI=1S/3C6H15O2P.Nd/c3*1-2-3-4-5-6-9(7)8;/h3*9H,2-6H2,1H3,(H,7,8);/q;;;+3/p-3. The second kappa shape index (κ2) is 33.6. The summed E-state index contributed by atoms with van der Waals surface area (Å²) < 4.78 is 30.1. The smallest absolute Gasteiger partial charge is 0.802 e. The third-order valence-electron chi connectivity index (χ3n) is 3.70. The Morgan fingerprint density at radius 2 is 0.679 bits per heavy atom. The molecule has 0 N–H and O–H groups in total. The van der Waals surface area contributed by atoms with Crippen molar-refractivity contribution in [3.05, 3.63) is 0 Å². The molecule has 10 heteroatoms. The van der Waals surface area contributed by atoms with E-state index in [4.69, 9.17) is 0 Å². The molecule has 169 valence electrons. The quantitative estimate of drug-likeness (QED) is 0.208. The molecule has 3 atom stereocenters. The Balaban J connectivity index is -0.000000152. The van der Waals surface area contributed by atoms with E-state index < -0.39 is 24.1 Å². The Hall–Kier alpha value is 1.92. The van der Waals surface area contributed by atoms with E-state index in [9.17, 15) is 28.4 Å². The van der Waals surface area contributed by atoms with Crippen LogP contribution in [0.1, 0.15) is 97.8 Å². The predicted molar refractivity (Wildman–Crippen MR) is 114 cm³/mol. The Labute approximate surface area is 208 Å². The second-order valence-corrected chi connectivity index (χ2v) is 10.3. The third kappa shape index (κ3) is 51.0. The fraction of sp³-hybridized carbons (Fsp3) is 1.00. The van der Waals surface area contributed by atoms with Crippen LogP contribution >= 0.6 is 24.1 Å². The van der Waals surface area contributed by atoms with Crippen molar-refractivity contribution in [1.29, 1.82) is 0 Å². The summed E-state index contributed by atoms with van der Waals surface area (Å²) in [6.45, 7) is 6.33. The minimum absolute atomic E-state index is 0. The van der Waals surface area contributed by atoms with E-state index in [2.05, 4.69) is 20.8 Å². The summed E-state index contributed by atoms with van der Waals surface area (Å²) in [7, 11) is -7.25. The van der Waals surface area contributed by atoms with Gasteiger partial charge < -0.3 is 28.4 Å². The Morgan fingerprint density at radius 3 is 0.821 bits per heavy atom. The first-order valence-corrected chi connectivity index (χ1v) is 15.0. The van der Waals surface area contributed by atoms with Crippen LogP contribution in [0.15, 0.2) is 0 Å². The van der Waals surface area contributed by atoms with Crippen molar-refractivity contribution in [2.75, 3.05) is 18.5 Å². The fourth-order valence-corrected chi connectivity index (χ4v) is 3.70. The van der Waals surface area contributed by atoms with Gasteiger partial charge in [-0.2, -0.15) is 0 Å². The first kappa shape index (κ1) is 37.2. The summed E-state index contributed by atoms with van der Waals surface area (Å²) in [4.78, 5) is 30.1. The van der Waals surface area contributed by atoms with Crippen LogP contribution in [0.5, 0.6) is 0 Å². The zero-order chi connectivity index (χ0) is 21.3. The van der Waals surface area contributed by atoms with Crippen molar-refractivity contribution < 1.29 is 69.2 Å². The molecular weight excluding hydrogens is 549 g/mol. The summed E-state index contributed by atoms with van der Waals surface area (Å²) in [5.74, 6) is 0. The molecule has 0 aromatic carbocycles. The fourth-order valence-electron chi connectivity index (χ4n) is 2.09. The predicted octanol–water partition coefficient (Wildman–Crippen LogP) is 4.21. The Kier molecular flexibility index (Phi) is 44.6. The Bertz CT molecular complexity index is 308. The molecule has 0 aliphatic rings. The topological polar surface area (TPSA) is 120 Å². The summed E-state index contributed by atoms with van der Waals surface area (Å²) >= 11 is 0. The van der Waals surface area contributed by atoms with E-state index in [-0.39, 0.29) is 40.8 Å². The molecule has 0 bridgehead atoms. The third-order valence-corrected chi connectivity index (χ3v) is 5.99. The van der Waals surface area contributed by atoms with Gasteiger partial charge in [0, 0.05) is 24.1 Å². The maximum Gasteiger partial charge on any atom is 3.00 e. The van der Waals surface area contributed by atoms with E-state index in [1.807, 2.05) is 0 Å². The number of hydrogen-bond donors (Lipinski definition) is 0. The molecule has 0 aromatic rings. The van der Waals surface area contributed by atoms with Gasteiger partial charge in [0.25, 0.3) is 0 Å². The molecule has 0 aliphatic carbocycles. The van der Waals surface area contributed by atoms with Gasteiger partial charge in [-0.3, -0.25) is 0 Å². The molecule has 0 rings (SSSR count). The van der Waals surface area contributed by atoms with Crippen LogP contribution in [0.4, 0.5) is 0 Å². The van der Waals surface area contributed by atoms with Crippen LogP contribution in [0, 0.1) is 40.8 Å². The van der Waals surface area contributed by atoms with Gasteiger partial charge in [-0.15, -0.1) is 0 Å². The molecule has 28 heavy (non-hydrogen) atoms. The van der Waals surface area contributed by atoms with E-state index >= 15 is 0 Å². The molecule has 0 saturated carbocycles. The second-order valence-electron chi connectivity index (χ2n) is 6.55. The molecule has 0 saturated heterocycles. The van der Waals surface area contributed by atoms with E-state index in [1.165, 1.54) is 19.3 Å². The monoisotopic (exact) mass is 589 g/mol. The van der Waals surface area contributed by atoms with E-state index in [1.54, 1.807) is 0 Å². The van der Waals surface area contributed by atoms with Gasteiger partial charge in [-0.1, -0.05) is 78.6 Å². The molecule has 0 amide bonds. The van der Waals surface area contributed by atoms with Gasteiger partial charge in [0.15, 0.2) is 0 Å². The first-order chi connectivity index (χ1) is 12.8. The van der Waals surface area contributed by atoms with Crippen molar-refractivity contribution >= 4 is 24.1 Å². The van der Waals surface area contributed by atoms with Crippen molar-refractivity contribution in [1.82, 2.24) is 0 Å². The zero-order valence-electron chi connectivity index (χ0n) is 18.1. The van der Waals surface area contributed by atoms with Crippen molar-refractivity contribution in [2.45, 2.75) is 97.8 Å². The van der Waals surface area contributed by atoms with Gasteiger partial charge in [-0.05, 0) is 37.7 Å². The van der Waals surface area contributed by atoms with Crippen LogP contribution in [-0.4, -0.2) is 18.5 Å². The van der Waals surface area contributed by atoms with Crippen LogP contribution < -0.4 is 14.7 Å². The van der Waals surface area contributed by atoms with Crippen LogP contribution in [0.25, 0.3) is 0 Å². The van der Waals surface area contributed by atoms with Gasteiger partial charge in [0.05, 0.1) is 0 Å². The maximum absolute atomic E-state index is 10.0. The Morgan fingerprint density at radius 1 is 0.464 bits per heavy atom. The summed E-state index contributed by atoms with van der Waals surface area (Å²) in [5.41, 5.74) is 0. The van der Waals surface area contributed by atoms with Crippen LogP contribution in [-0.2, 0) is 13.7 Å². The average Bonchev–Trinajstić information content (AvgIpc) is 2.60. The SMILES string of the molecule is CCCCCC[PH](=O)[O-].CCCCCC[PH](=O)[O-].CCCCCC[PH](=O)[O-].[Nd+3]. The molecule has 6 nitrogen and oxygen atoms in total. The average molecular weight is 592 g/mol. The normalized spacial score (nSPS) is 13.1. The molecule has 3 unspecified atom stereocenters. The maximum atomic E-state index is 10.0. The molecule has 1 radical (unpaired) electrons. The van der Waals surface area contributed by atoms with Gasteiger partial charge in [0.2, 0.25) is 0 Å². The van der Waals surface area contributed by atoms with Crippen LogP contribution in [0.3, 0.4) is 0 Å². The number of rotatable bonds is 15. The molecule has 0 aliphatic heterocycles. The largest absolute Gasteiger partial charge is 3.00 e. The van der Waals surface area contributed by atoms with Gasteiger partial charge in [-0.25, -0.2) is 0 Å². The molecule has 0 heterocycles. The summed E-state index contributed by atoms with van der Waals surface area (Å²) in [6.07, 6.45) is 14.0. The molecule has 0 aromatic heterocycles. The van der Waals surface area contributed by atoms with Gasteiger partial charge >= 0.3 is 40.8 Å². The van der Waals surface area contributed by atoms with Gasteiger partial charge in [0.1, 0.15) is 0 Å².